The van der Waals surface area contributed by atoms with Crippen molar-refractivity contribution in [3.63, 3.8) is 0 Å². The van der Waals surface area contributed by atoms with Crippen molar-refractivity contribution < 1.29 is 9.59 Å². The Labute approximate surface area is 126 Å². The van der Waals surface area contributed by atoms with Crippen molar-refractivity contribution in [2.45, 2.75) is 26.8 Å². The monoisotopic (exact) mass is 313 g/mol. The summed E-state index contributed by atoms with van der Waals surface area (Å²) in [5, 5.41) is 5.38. The molecule has 2 aromatic heterocycles. The largest absolute Gasteiger partial charge is 0.373 e. The quantitative estimate of drug-likeness (QED) is 0.816. The van der Waals surface area contributed by atoms with E-state index in [1.165, 1.54) is 0 Å². The van der Waals surface area contributed by atoms with Gasteiger partial charge in [-0.3, -0.25) is 4.68 Å². The van der Waals surface area contributed by atoms with Gasteiger partial charge in [-0.15, -0.1) is 0 Å². The molecule has 0 saturated heterocycles. The van der Waals surface area contributed by atoms with Crippen LogP contribution < -0.4 is 0 Å². The van der Waals surface area contributed by atoms with Gasteiger partial charge in [-0.25, -0.2) is 4.98 Å². The number of carbonyl (C=O) groups excluding carboxylic acids is 2. The summed E-state index contributed by atoms with van der Waals surface area (Å²) in [7, 11) is 0. The van der Waals surface area contributed by atoms with Gasteiger partial charge in [-0.05, 0) is 25.0 Å². The molecule has 0 amide bonds. The van der Waals surface area contributed by atoms with Crippen molar-refractivity contribution in [2.24, 2.45) is 0 Å². The Bertz CT molecular complexity index is 620. The maximum Gasteiger partial charge on any atom is 0.373 e. The molecule has 0 atom stereocenters. The average molecular weight is 314 g/mol. The van der Waals surface area contributed by atoms with E-state index in [1.807, 2.05) is 17.7 Å². The van der Waals surface area contributed by atoms with E-state index in [1.54, 1.807) is 12.4 Å². The van der Waals surface area contributed by atoms with Crippen LogP contribution in [-0.4, -0.2) is 20.9 Å². The van der Waals surface area contributed by atoms with Crippen LogP contribution in [0.25, 0.3) is 11.3 Å². The number of nitrogens with zero attached hydrogens (tertiary/aromatic N) is 3. The van der Waals surface area contributed by atoms with Crippen molar-refractivity contribution in [3.05, 3.63) is 34.2 Å². The highest BCUT2D eigenvalue weighted by molar-refractivity contribution is 6.33. The molecule has 2 heterocycles. The second-order valence-electron chi connectivity index (χ2n) is 3.76. The number of aromatic nitrogens is 3. The maximum absolute atomic E-state index is 8.12. The lowest BCUT2D eigenvalue weighted by Gasteiger charge is -2.10. The van der Waals surface area contributed by atoms with Crippen LogP contribution in [0.3, 0.4) is 0 Å². The third kappa shape index (κ3) is 3.67. The number of hydrogen-bond acceptors (Lipinski definition) is 4. The predicted molar refractivity (Wildman–Crippen MR) is 75.5 cm³/mol. The summed E-state index contributed by atoms with van der Waals surface area (Å²) in [6, 6.07) is 1.88. The molecular formula is C13H13Cl2N3O2. The van der Waals surface area contributed by atoms with Crippen LogP contribution in [0.15, 0.2) is 18.5 Å². The highest BCUT2D eigenvalue weighted by atomic mass is 35.5. The molecule has 0 N–H and O–H groups in total. The van der Waals surface area contributed by atoms with Gasteiger partial charge in [0.05, 0.1) is 16.9 Å². The van der Waals surface area contributed by atoms with Gasteiger partial charge in [0.15, 0.2) is 0 Å². The number of hydrogen-bond donors (Lipinski definition) is 0. The first-order valence-electron chi connectivity index (χ1n) is 5.94. The normalized spacial score (nSPS) is 9.60. The Balaban J connectivity index is 0.000000612. The van der Waals surface area contributed by atoms with Gasteiger partial charge in [0.25, 0.3) is 0 Å². The number of halogens is 2. The Hall–Kier alpha value is -1.68. The van der Waals surface area contributed by atoms with Crippen molar-refractivity contribution in [1.29, 1.82) is 0 Å². The van der Waals surface area contributed by atoms with E-state index in [9.17, 15) is 0 Å². The van der Waals surface area contributed by atoms with Crippen LogP contribution in [0.5, 0.6) is 0 Å². The van der Waals surface area contributed by atoms with E-state index in [-0.39, 0.29) is 6.15 Å². The van der Waals surface area contributed by atoms with E-state index >= 15 is 0 Å². The first-order chi connectivity index (χ1) is 9.58. The van der Waals surface area contributed by atoms with Crippen LogP contribution in [0.1, 0.15) is 19.4 Å². The molecule has 0 aliphatic heterocycles. The Morgan fingerprint density at radius 2 is 1.90 bits per heavy atom. The van der Waals surface area contributed by atoms with Gasteiger partial charge in [-0.2, -0.15) is 14.7 Å². The molecule has 20 heavy (non-hydrogen) atoms. The summed E-state index contributed by atoms with van der Waals surface area (Å²) >= 11 is 12.1. The topological polar surface area (TPSA) is 64.8 Å². The molecule has 0 bridgehead atoms. The summed E-state index contributed by atoms with van der Waals surface area (Å²) in [5.41, 5.74) is 3.04. The van der Waals surface area contributed by atoms with Crippen molar-refractivity contribution in [1.82, 2.24) is 14.8 Å². The van der Waals surface area contributed by atoms with E-state index in [2.05, 4.69) is 17.0 Å². The third-order valence-electron chi connectivity index (χ3n) is 2.69. The molecule has 2 aromatic rings. The molecule has 2 rings (SSSR count). The zero-order chi connectivity index (χ0) is 15.1. The minimum absolute atomic E-state index is 0.250. The smallest absolute Gasteiger partial charge is 0.264 e. The Morgan fingerprint density at radius 3 is 2.45 bits per heavy atom. The van der Waals surface area contributed by atoms with Crippen LogP contribution >= 0.6 is 23.2 Å². The van der Waals surface area contributed by atoms with Gasteiger partial charge in [0.1, 0.15) is 5.15 Å². The highest BCUT2D eigenvalue weighted by Gasteiger charge is 2.14. The number of aryl methyl sites for hydroxylation is 2. The molecule has 0 aliphatic rings. The van der Waals surface area contributed by atoms with Gasteiger partial charge >= 0.3 is 6.15 Å². The Kier molecular flexibility index (Phi) is 6.39. The fourth-order valence-electron chi connectivity index (χ4n) is 1.84. The van der Waals surface area contributed by atoms with Crippen molar-refractivity contribution in [3.8, 4) is 11.3 Å². The van der Waals surface area contributed by atoms with Crippen molar-refractivity contribution >= 4 is 29.4 Å². The van der Waals surface area contributed by atoms with E-state index in [0.29, 0.717) is 10.2 Å². The first-order valence-corrected chi connectivity index (χ1v) is 6.69. The predicted octanol–water partition coefficient (Wildman–Crippen LogP) is 3.25. The zero-order valence-electron chi connectivity index (χ0n) is 11.1. The summed E-state index contributed by atoms with van der Waals surface area (Å²) in [6.07, 6.45) is 4.55. The number of pyridine rings is 1. The van der Waals surface area contributed by atoms with E-state index in [0.717, 1.165) is 29.8 Å². The van der Waals surface area contributed by atoms with Gasteiger partial charge in [0.2, 0.25) is 0 Å². The average Bonchev–Trinajstić information content (AvgIpc) is 2.80. The summed E-state index contributed by atoms with van der Waals surface area (Å²) in [4.78, 5) is 20.4. The first kappa shape index (κ1) is 16.4. The SMILES string of the molecule is CCc1cc(Cl)ncc1-c1c(Cl)cnn1CC.O=C=O. The summed E-state index contributed by atoms with van der Waals surface area (Å²) in [5.74, 6) is 0. The van der Waals surface area contributed by atoms with Crippen LogP contribution in [0.2, 0.25) is 10.2 Å². The molecule has 0 radical (unpaired) electrons. The number of rotatable bonds is 3. The Morgan fingerprint density at radius 1 is 1.25 bits per heavy atom. The molecule has 0 spiro atoms. The molecule has 0 saturated carbocycles. The fourth-order valence-corrected chi connectivity index (χ4v) is 2.27. The molecule has 0 unspecified atom stereocenters. The second kappa shape index (κ2) is 7.80. The molecule has 5 nitrogen and oxygen atoms in total. The minimum Gasteiger partial charge on any atom is -0.264 e. The molecule has 7 heteroatoms. The lowest BCUT2D eigenvalue weighted by Crippen LogP contribution is -2.01. The highest BCUT2D eigenvalue weighted by Crippen LogP contribution is 2.31. The van der Waals surface area contributed by atoms with Crippen molar-refractivity contribution in [2.75, 3.05) is 0 Å². The molecule has 0 aromatic carbocycles. The van der Waals surface area contributed by atoms with E-state index < -0.39 is 0 Å². The van der Waals surface area contributed by atoms with Gasteiger partial charge in [-0.1, -0.05) is 30.1 Å². The maximum atomic E-state index is 8.12. The van der Waals surface area contributed by atoms with Gasteiger partial charge in [0, 0.05) is 18.3 Å². The lowest BCUT2D eigenvalue weighted by atomic mass is 10.1. The standard InChI is InChI=1S/C12H13Cl2N3.CO2/c1-3-8-5-11(14)15-6-9(8)12-10(13)7-16-17(12)4-2;2-1-3/h5-7H,3-4H2,1-2H3;. The minimum atomic E-state index is 0.250. The van der Waals surface area contributed by atoms with Crippen LogP contribution in [-0.2, 0) is 22.6 Å². The fraction of sp³-hybridized carbons (Fsp3) is 0.308. The van der Waals surface area contributed by atoms with Gasteiger partial charge < -0.3 is 0 Å². The van der Waals surface area contributed by atoms with Crippen LogP contribution in [0, 0.1) is 0 Å². The molecule has 106 valence electrons. The summed E-state index contributed by atoms with van der Waals surface area (Å²) in [6.45, 7) is 4.88. The molecule has 0 fully saturated rings. The second-order valence-corrected chi connectivity index (χ2v) is 4.55. The van der Waals surface area contributed by atoms with Crippen LogP contribution in [0.4, 0.5) is 0 Å². The molecule has 0 aliphatic carbocycles. The van der Waals surface area contributed by atoms with E-state index in [4.69, 9.17) is 32.8 Å². The molecular weight excluding hydrogens is 301 g/mol. The third-order valence-corrected chi connectivity index (χ3v) is 3.17. The summed E-state index contributed by atoms with van der Waals surface area (Å²) < 4.78 is 1.87. The zero-order valence-corrected chi connectivity index (χ0v) is 12.6. The lowest BCUT2D eigenvalue weighted by molar-refractivity contribution is -0.191.